The lowest BCUT2D eigenvalue weighted by Crippen LogP contribution is -2.40. The maximum atomic E-state index is 13.1. The van der Waals surface area contributed by atoms with Gasteiger partial charge in [0.1, 0.15) is 0 Å². The van der Waals surface area contributed by atoms with Crippen molar-refractivity contribution in [2.45, 2.75) is 76.6 Å². The van der Waals surface area contributed by atoms with Gasteiger partial charge < -0.3 is 5.32 Å². The first-order valence-corrected chi connectivity index (χ1v) is 10.2. The molecule has 0 spiro atoms. The average Bonchev–Trinajstić information content (AvgIpc) is 3.03. The number of aromatic nitrogens is 2. The molecule has 0 aromatic carbocycles. The van der Waals surface area contributed by atoms with Crippen LogP contribution < -0.4 is 5.32 Å². The van der Waals surface area contributed by atoms with E-state index in [2.05, 4.69) is 10.4 Å². The fourth-order valence-electron chi connectivity index (χ4n) is 5.10. The molecule has 4 rings (SSSR count). The topological polar surface area (TPSA) is 46.9 Å². The van der Waals surface area contributed by atoms with E-state index in [1.54, 1.807) is 0 Å². The van der Waals surface area contributed by atoms with Gasteiger partial charge in [-0.25, -0.2) is 0 Å². The molecule has 0 radical (unpaired) electrons. The summed E-state index contributed by atoms with van der Waals surface area (Å²) in [5, 5.41) is 6.43. The number of hydrogen-bond acceptors (Lipinski definition) is 2. The van der Waals surface area contributed by atoms with Gasteiger partial charge in [0.15, 0.2) is 5.69 Å². The molecule has 150 valence electrons. The highest BCUT2D eigenvalue weighted by Crippen LogP contribution is 2.49. The Balaban J connectivity index is 1.37. The molecule has 1 N–H and O–H groups in total. The van der Waals surface area contributed by atoms with Gasteiger partial charge in [0.2, 0.25) is 5.91 Å². The molecule has 4 unspecified atom stereocenters. The van der Waals surface area contributed by atoms with Gasteiger partial charge in [0.05, 0.1) is 17.3 Å². The Morgan fingerprint density at radius 3 is 2.59 bits per heavy atom. The Hall–Kier alpha value is -1.24. The second-order valence-electron chi connectivity index (χ2n) is 8.49. The number of carbonyl (C=O) groups is 1. The van der Waals surface area contributed by atoms with Crippen molar-refractivity contribution in [3.05, 3.63) is 16.4 Å². The summed E-state index contributed by atoms with van der Waals surface area (Å²) in [7, 11) is 0. The van der Waals surface area contributed by atoms with Crippen LogP contribution in [-0.2, 0) is 17.5 Å². The third-order valence-corrected chi connectivity index (χ3v) is 6.91. The summed E-state index contributed by atoms with van der Waals surface area (Å²) in [5.74, 6) is 1.95. The number of halogens is 4. The molecule has 0 saturated heterocycles. The minimum atomic E-state index is -4.58. The fraction of sp³-hybridized carbons (Fsp3) is 0.789. The monoisotopic (exact) mass is 403 g/mol. The summed E-state index contributed by atoms with van der Waals surface area (Å²) in [6, 6.07) is 0.114. The van der Waals surface area contributed by atoms with Crippen LogP contribution in [0.15, 0.2) is 0 Å². The molecule has 3 aliphatic rings. The quantitative estimate of drug-likeness (QED) is 0.744. The van der Waals surface area contributed by atoms with Crippen LogP contribution in [0.1, 0.15) is 69.2 Å². The van der Waals surface area contributed by atoms with E-state index in [1.807, 2.05) is 6.92 Å². The van der Waals surface area contributed by atoms with E-state index in [0.29, 0.717) is 17.5 Å². The summed E-state index contributed by atoms with van der Waals surface area (Å²) in [6.45, 7) is 2.17. The number of carbonyl (C=O) groups excluding carboxylic acids is 1. The van der Waals surface area contributed by atoms with Gasteiger partial charge in [-0.1, -0.05) is 18.0 Å². The maximum absolute atomic E-state index is 13.1. The highest BCUT2D eigenvalue weighted by atomic mass is 35.5. The van der Waals surface area contributed by atoms with Crippen molar-refractivity contribution in [1.29, 1.82) is 0 Å². The number of nitrogens with one attached hydrogen (secondary N) is 1. The fourth-order valence-corrected chi connectivity index (χ4v) is 5.50. The van der Waals surface area contributed by atoms with Crippen LogP contribution in [0.25, 0.3) is 0 Å². The molecule has 1 heterocycles. The van der Waals surface area contributed by atoms with Gasteiger partial charge in [-0.15, -0.1) is 0 Å². The van der Waals surface area contributed by atoms with Crippen molar-refractivity contribution >= 4 is 17.5 Å². The Morgan fingerprint density at radius 2 is 2.04 bits per heavy atom. The number of fused-ring (bicyclic) bond motifs is 2. The number of rotatable bonds is 6. The highest BCUT2D eigenvalue weighted by molar-refractivity contribution is 6.32. The maximum Gasteiger partial charge on any atom is 0.436 e. The summed E-state index contributed by atoms with van der Waals surface area (Å²) >= 11 is 5.97. The van der Waals surface area contributed by atoms with Crippen LogP contribution in [0, 0.1) is 17.8 Å². The first kappa shape index (κ1) is 19.1. The average molecular weight is 404 g/mol. The van der Waals surface area contributed by atoms with Crippen LogP contribution in [-0.4, -0.2) is 21.7 Å². The third-order valence-electron chi connectivity index (χ3n) is 6.54. The summed E-state index contributed by atoms with van der Waals surface area (Å²) in [5.41, 5.74) is -0.611. The molecule has 27 heavy (non-hydrogen) atoms. The standard InChI is InChI=1S/C19H25ClF3N3O/c1-10(14-9-11-2-3-13(14)8-11)24-15(27)6-7-26-17(12-4-5-12)16(20)18(25-26)19(21,22)23/h10-14H,2-9H2,1H3,(H,24,27). The first-order chi connectivity index (χ1) is 12.7. The molecule has 3 fully saturated rings. The van der Waals surface area contributed by atoms with Gasteiger partial charge in [-0.3, -0.25) is 9.48 Å². The molecular formula is C19H25ClF3N3O. The van der Waals surface area contributed by atoms with E-state index in [0.717, 1.165) is 18.8 Å². The van der Waals surface area contributed by atoms with Gasteiger partial charge in [0, 0.05) is 18.4 Å². The van der Waals surface area contributed by atoms with Crippen molar-refractivity contribution in [3.63, 3.8) is 0 Å². The zero-order chi connectivity index (χ0) is 19.3. The summed E-state index contributed by atoms with van der Waals surface area (Å²) in [4.78, 5) is 12.4. The molecular weight excluding hydrogens is 379 g/mol. The second-order valence-corrected chi connectivity index (χ2v) is 8.87. The highest BCUT2D eigenvalue weighted by Gasteiger charge is 2.43. The Kier molecular flexibility index (Phi) is 4.93. The molecule has 0 aliphatic heterocycles. The zero-order valence-corrected chi connectivity index (χ0v) is 16.1. The van der Waals surface area contributed by atoms with Crippen LogP contribution >= 0.6 is 11.6 Å². The SMILES string of the molecule is CC(NC(=O)CCn1nc(C(F)(F)F)c(Cl)c1C1CC1)C1CC2CCC1C2. The minimum absolute atomic E-state index is 0.0251. The van der Waals surface area contributed by atoms with Gasteiger partial charge >= 0.3 is 6.18 Å². The largest absolute Gasteiger partial charge is 0.436 e. The lowest BCUT2D eigenvalue weighted by atomic mass is 9.84. The molecule has 2 bridgehead atoms. The predicted octanol–water partition coefficient (Wildman–Crippen LogP) is 4.76. The number of nitrogens with zero attached hydrogens (tertiary/aromatic N) is 2. The normalized spacial score (nSPS) is 28.6. The van der Waals surface area contributed by atoms with Crippen molar-refractivity contribution in [3.8, 4) is 0 Å². The number of alkyl halides is 3. The lowest BCUT2D eigenvalue weighted by molar-refractivity contribution is -0.141. The first-order valence-electron chi connectivity index (χ1n) is 9.86. The molecule has 3 saturated carbocycles. The van der Waals surface area contributed by atoms with E-state index >= 15 is 0 Å². The molecule has 8 heteroatoms. The summed E-state index contributed by atoms with van der Waals surface area (Å²) < 4.78 is 40.6. The van der Waals surface area contributed by atoms with Crippen LogP contribution in [0.4, 0.5) is 13.2 Å². The molecule has 1 aromatic rings. The van der Waals surface area contributed by atoms with Crippen LogP contribution in [0.3, 0.4) is 0 Å². The summed E-state index contributed by atoms with van der Waals surface area (Å²) in [6.07, 6.45) is 2.19. The van der Waals surface area contributed by atoms with E-state index < -0.39 is 11.9 Å². The van der Waals surface area contributed by atoms with Gasteiger partial charge in [0.25, 0.3) is 0 Å². The smallest absolute Gasteiger partial charge is 0.353 e. The number of hydrogen-bond donors (Lipinski definition) is 1. The molecule has 1 aromatic heterocycles. The van der Waals surface area contributed by atoms with E-state index in [-0.39, 0.29) is 35.9 Å². The van der Waals surface area contributed by atoms with E-state index in [1.165, 1.54) is 30.4 Å². The van der Waals surface area contributed by atoms with Crippen molar-refractivity contribution in [2.75, 3.05) is 0 Å². The predicted molar refractivity (Wildman–Crippen MR) is 95.4 cm³/mol. The van der Waals surface area contributed by atoms with Crippen LogP contribution in [0.5, 0.6) is 0 Å². The Bertz CT molecular complexity index is 729. The Labute approximate surface area is 161 Å². The van der Waals surface area contributed by atoms with Crippen LogP contribution in [0.2, 0.25) is 5.02 Å². The zero-order valence-electron chi connectivity index (χ0n) is 15.4. The molecule has 4 atom stereocenters. The van der Waals surface area contributed by atoms with Gasteiger partial charge in [-0.2, -0.15) is 18.3 Å². The van der Waals surface area contributed by atoms with Crippen molar-refractivity contribution in [1.82, 2.24) is 15.1 Å². The van der Waals surface area contributed by atoms with Crippen molar-refractivity contribution < 1.29 is 18.0 Å². The third kappa shape index (κ3) is 3.84. The van der Waals surface area contributed by atoms with E-state index in [4.69, 9.17) is 11.6 Å². The Morgan fingerprint density at radius 1 is 1.30 bits per heavy atom. The second kappa shape index (κ2) is 6.98. The minimum Gasteiger partial charge on any atom is -0.353 e. The number of aryl methyl sites for hydroxylation is 1. The molecule has 1 amide bonds. The molecule has 4 nitrogen and oxygen atoms in total. The van der Waals surface area contributed by atoms with E-state index in [9.17, 15) is 18.0 Å². The lowest BCUT2D eigenvalue weighted by Gasteiger charge is -2.28. The van der Waals surface area contributed by atoms with Gasteiger partial charge in [-0.05, 0) is 56.8 Å². The van der Waals surface area contributed by atoms with Crippen molar-refractivity contribution in [2.24, 2.45) is 17.8 Å². The molecule has 3 aliphatic carbocycles. The number of amides is 1.